The van der Waals surface area contributed by atoms with E-state index in [0.29, 0.717) is 13.2 Å². The molecule has 10 nitrogen and oxygen atoms in total. The molecular formula is C41H61N5O5. The van der Waals surface area contributed by atoms with Crippen molar-refractivity contribution in [3.63, 3.8) is 0 Å². The number of amides is 2. The number of ether oxygens (including phenoxy) is 3. The number of carbonyl (C=O) groups excluding carboxylic acids is 2. The molecule has 1 aromatic carbocycles. The number of hydrogen-bond acceptors (Lipinski definition) is 8. The maximum absolute atomic E-state index is 14.2. The lowest BCUT2D eigenvalue weighted by Crippen LogP contribution is -2.51. The Balaban J connectivity index is 0.000000510. The summed E-state index contributed by atoms with van der Waals surface area (Å²) in [6, 6.07) is 10.9. The van der Waals surface area contributed by atoms with E-state index in [9.17, 15) is 9.59 Å². The van der Waals surface area contributed by atoms with Crippen molar-refractivity contribution in [3.8, 4) is 5.75 Å². The third-order valence-corrected chi connectivity index (χ3v) is 11.3. The van der Waals surface area contributed by atoms with Crippen LogP contribution in [0.25, 0.3) is 5.57 Å². The van der Waals surface area contributed by atoms with Crippen molar-refractivity contribution in [2.24, 2.45) is 22.1 Å². The van der Waals surface area contributed by atoms with Crippen molar-refractivity contribution in [2.45, 2.75) is 103 Å². The minimum absolute atomic E-state index is 0.0891. The fourth-order valence-corrected chi connectivity index (χ4v) is 7.98. The molecule has 4 aliphatic rings. The summed E-state index contributed by atoms with van der Waals surface area (Å²) in [5, 5.41) is 0. The van der Waals surface area contributed by atoms with Crippen LogP contribution in [0.1, 0.15) is 101 Å². The van der Waals surface area contributed by atoms with Gasteiger partial charge in [0.15, 0.2) is 0 Å². The second-order valence-electron chi connectivity index (χ2n) is 15.0. The third kappa shape index (κ3) is 10.1. The van der Waals surface area contributed by atoms with Gasteiger partial charge in [0.05, 0.1) is 20.8 Å². The van der Waals surface area contributed by atoms with E-state index in [1.807, 2.05) is 38.4 Å². The van der Waals surface area contributed by atoms with Gasteiger partial charge < -0.3 is 24.8 Å². The Hall–Kier alpha value is -3.92. The zero-order valence-corrected chi connectivity index (χ0v) is 32.1. The first-order chi connectivity index (χ1) is 24.5. The maximum atomic E-state index is 14.2. The first-order valence-corrected chi connectivity index (χ1v) is 18.7. The van der Waals surface area contributed by atoms with E-state index >= 15 is 0 Å². The van der Waals surface area contributed by atoms with Crippen LogP contribution in [0.3, 0.4) is 0 Å². The lowest BCUT2D eigenvalue weighted by Gasteiger charge is -2.55. The van der Waals surface area contributed by atoms with Gasteiger partial charge in [-0.05, 0) is 118 Å². The summed E-state index contributed by atoms with van der Waals surface area (Å²) in [5.41, 5.74) is 10.9. The Morgan fingerprint density at radius 2 is 1.71 bits per heavy atom. The first-order valence-electron chi connectivity index (χ1n) is 18.7. The molecule has 2 aromatic rings. The molecule has 2 amide bonds. The minimum atomic E-state index is -0.336. The van der Waals surface area contributed by atoms with Crippen LogP contribution in [-0.4, -0.2) is 82.2 Å². The van der Waals surface area contributed by atoms with Crippen LogP contribution in [0.5, 0.6) is 5.75 Å². The summed E-state index contributed by atoms with van der Waals surface area (Å²) in [4.78, 5) is 37.7. The Bertz CT molecular complexity index is 1490. The number of hydrogen-bond donors (Lipinski definition) is 1. The summed E-state index contributed by atoms with van der Waals surface area (Å²) in [6.07, 6.45) is 17.3. The van der Waals surface area contributed by atoms with Crippen molar-refractivity contribution in [1.29, 1.82) is 0 Å². The molecule has 280 valence electrons. The second-order valence-corrected chi connectivity index (χ2v) is 15.0. The standard InChI is InChI=1S/C35H48N4O2.C6H13NO3/c1-25(2)38-23-29(22-36)28-12-19-37-32(21-28)39(33(40)27-8-6-5-7-9-27)24-34-13-16-35(17-14-34,18-15-34)30-10-11-31(41-4)26(3)20-30;1-7(4-5-9-2)6(8)10-3/h10-12,19-23,25,27H,5-9,13-18,24,36H2,1-4H3;4-5H2,1-3H3/b29-22+,38-23?;. The number of likely N-dealkylation sites (N-methyl/N-ethyl adjacent to an activating group) is 1. The number of carbonyl (C=O) groups is 2. The summed E-state index contributed by atoms with van der Waals surface area (Å²) in [5.74, 6) is 2.05. The van der Waals surface area contributed by atoms with Gasteiger partial charge in [0.1, 0.15) is 11.6 Å². The number of methoxy groups -OCH3 is 3. The van der Waals surface area contributed by atoms with E-state index in [1.165, 1.54) is 48.8 Å². The monoisotopic (exact) mass is 703 g/mol. The van der Waals surface area contributed by atoms with Gasteiger partial charge in [-0.3, -0.25) is 14.7 Å². The Labute approximate surface area is 305 Å². The quantitative estimate of drug-likeness (QED) is 0.225. The normalized spacial score (nSPS) is 22.0. The molecule has 0 saturated heterocycles. The smallest absolute Gasteiger partial charge is 0.409 e. The highest BCUT2D eigenvalue weighted by molar-refractivity contribution is 6.10. The number of nitrogens with zero attached hydrogens (tertiary/aromatic N) is 4. The molecule has 0 aliphatic heterocycles. The van der Waals surface area contributed by atoms with Gasteiger partial charge in [0.2, 0.25) is 5.91 Å². The average molecular weight is 704 g/mol. The number of rotatable bonds is 12. The number of fused-ring (bicyclic) bond motifs is 3. The van der Waals surface area contributed by atoms with Gasteiger partial charge in [0.25, 0.3) is 0 Å². The predicted molar refractivity (Wildman–Crippen MR) is 205 cm³/mol. The fourth-order valence-electron chi connectivity index (χ4n) is 7.98. The average Bonchev–Trinajstić information content (AvgIpc) is 3.17. The molecule has 4 fully saturated rings. The Morgan fingerprint density at radius 1 is 1.02 bits per heavy atom. The molecule has 1 heterocycles. The van der Waals surface area contributed by atoms with Crippen molar-refractivity contribution in [3.05, 3.63) is 59.4 Å². The molecular weight excluding hydrogens is 642 g/mol. The zero-order valence-electron chi connectivity index (χ0n) is 32.1. The van der Waals surface area contributed by atoms with Crippen LogP contribution in [0.4, 0.5) is 10.6 Å². The molecule has 0 atom stereocenters. The number of allylic oxidation sites excluding steroid dienone is 1. The van der Waals surface area contributed by atoms with Gasteiger partial charge in [-0.25, -0.2) is 9.78 Å². The molecule has 4 saturated carbocycles. The van der Waals surface area contributed by atoms with E-state index in [2.05, 4.69) is 39.8 Å². The highest BCUT2D eigenvalue weighted by Crippen LogP contribution is 2.58. The number of aliphatic imine (C=N–C) groups is 1. The summed E-state index contributed by atoms with van der Waals surface area (Å²) in [6.45, 7) is 8.08. The highest BCUT2D eigenvalue weighted by atomic mass is 16.5. The highest BCUT2D eigenvalue weighted by Gasteiger charge is 2.50. The Morgan fingerprint density at radius 3 is 2.27 bits per heavy atom. The summed E-state index contributed by atoms with van der Waals surface area (Å²) in [7, 11) is 6.34. The SMILES string of the molecule is COCCN(C)C(=O)OC.COc1ccc(C23CCC(CN(C(=O)C4CCCCC4)c4cc(/C(C=NC(C)C)=C/N)ccn4)(CC2)CC3)cc1C. The van der Waals surface area contributed by atoms with Crippen LogP contribution in [0.15, 0.2) is 47.7 Å². The van der Waals surface area contributed by atoms with Gasteiger partial charge >= 0.3 is 6.09 Å². The molecule has 0 unspecified atom stereocenters. The molecule has 6 rings (SSSR count). The Kier molecular flexibility index (Phi) is 14.5. The maximum Gasteiger partial charge on any atom is 0.409 e. The summed E-state index contributed by atoms with van der Waals surface area (Å²) >= 11 is 0. The number of pyridine rings is 1. The molecule has 1 aromatic heterocycles. The molecule has 2 N–H and O–H groups in total. The fraction of sp³-hybridized carbons (Fsp3) is 0.610. The number of anilines is 1. The van der Waals surface area contributed by atoms with Crippen molar-refractivity contribution in [1.82, 2.24) is 9.88 Å². The molecule has 51 heavy (non-hydrogen) atoms. The molecule has 4 aliphatic carbocycles. The van der Waals surface area contributed by atoms with Crippen molar-refractivity contribution >= 4 is 29.6 Å². The van der Waals surface area contributed by atoms with E-state index in [0.717, 1.165) is 74.2 Å². The van der Waals surface area contributed by atoms with Crippen molar-refractivity contribution in [2.75, 3.05) is 53.0 Å². The number of aryl methyl sites for hydroxylation is 1. The minimum Gasteiger partial charge on any atom is -0.496 e. The van der Waals surface area contributed by atoms with Crippen LogP contribution in [0, 0.1) is 18.3 Å². The van der Waals surface area contributed by atoms with Crippen LogP contribution >= 0.6 is 0 Å². The first kappa shape index (κ1) is 39.9. The van der Waals surface area contributed by atoms with Gasteiger partial charge in [-0.15, -0.1) is 0 Å². The number of nitrogens with two attached hydrogens (primary N) is 1. The van der Waals surface area contributed by atoms with E-state index in [4.69, 9.17) is 20.2 Å². The predicted octanol–water partition coefficient (Wildman–Crippen LogP) is 7.71. The number of benzene rings is 1. The van der Waals surface area contributed by atoms with Gasteiger partial charge in [0, 0.05) is 63.4 Å². The van der Waals surface area contributed by atoms with E-state index in [-0.39, 0.29) is 34.8 Å². The molecule has 2 bridgehead atoms. The van der Waals surface area contributed by atoms with Gasteiger partial charge in [-0.2, -0.15) is 0 Å². The topological polar surface area (TPSA) is 120 Å². The summed E-state index contributed by atoms with van der Waals surface area (Å²) < 4.78 is 14.7. The van der Waals surface area contributed by atoms with E-state index < -0.39 is 0 Å². The molecule has 0 spiro atoms. The number of aromatic nitrogens is 1. The lowest BCUT2D eigenvalue weighted by molar-refractivity contribution is -0.124. The van der Waals surface area contributed by atoms with Crippen LogP contribution < -0.4 is 15.4 Å². The van der Waals surface area contributed by atoms with Crippen LogP contribution in [0.2, 0.25) is 0 Å². The second kappa shape index (κ2) is 18.5. The molecule has 10 heteroatoms. The lowest BCUT2D eigenvalue weighted by atomic mass is 9.51. The van der Waals surface area contributed by atoms with E-state index in [1.54, 1.807) is 27.5 Å². The van der Waals surface area contributed by atoms with Crippen molar-refractivity contribution < 1.29 is 23.8 Å². The largest absolute Gasteiger partial charge is 0.496 e. The molecule has 0 radical (unpaired) electrons. The zero-order chi connectivity index (χ0) is 37.0. The van der Waals surface area contributed by atoms with Crippen LogP contribution in [-0.2, 0) is 19.7 Å². The van der Waals surface area contributed by atoms with Gasteiger partial charge in [-0.1, -0.05) is 31.4 Å². The third-order valence-electron chi connectivity index (χ3n) is 11.3.